The standard InChI is InChI=1S/C33H20F4O6S/c34-27-29(36)32(44(40,41)42)30(37)28(35)31(27)43-33(39)26-24-19-11-5-3-9-17(19)23(18-10-4-6-12-20(18)24)25(26)21-13-15-7-1-2-8-16(15)14-22(21)38/h1-14,23-26,38H,(H,40,41,42)/p-1. The van der Waals surface area contributed by atoms with Gasteiger partial charge in [-0.3, -0.25) is 4.79 Å². The zero-order chi connectivity index (χ0) is 31.1. The van der Waals surface area contributed by atoms with Gasteiger partial charge in [0.15, 0.2) is 11.6 Å². The third kappa shape index (κ3) is 4.03. The number of ether oxygens (including phenoxy) is 1. The third-order valence-corrected chi connectivity index (χ3v) is 9.46. The van der Waals surface area contributed by atoms with E-state index in [1.165, 1.54) is 0 Å². The number of esters is 1. The third-order valence-electron chi connectivity index (χ3n) is 8.60. The first-order valence-corrected chi connectivity index (χ1v) is 14.8. The van der Waals surface area contributed by atoms with Crippen molar-refractivity contribution in [1.29, 1.82) is 0 Å². The van der Waals surface area contributed by atoms with Crippen molar-refractivity contribution in [2.45, 2.75) is 22.6 Å². The Hall–Kier alpha value is -4.74. The molecule has 8 rings (SSSR count). The van der Waals surface area contributed by atoms with Crippen molar-refractivity contribution >= 4 is 26.9 Å². The minimum Gasteiger partial charge on any atom is -0.744 e. The van der Waals surface area contributed by atoms with Gasteiger partial charge >= 0.3 is 5.97 Å². The second kappa shape index (κ2) is 9.90. The number of carbonyl (C=O) groups is 1. The number of rotatable bonds is 4. The quantitative estimate of drug-likeness (QED) is 0.0800. The molecule has 2 atom stereocenters. The average molecular weight is 620 g/mol. The molecule has 0 saturated carbocycles. The van der Waals surface area contributed by atoms with Crippen molar-refractivity contribution in [3.8, 4) is 11.5 Å². The summed E-state index contributed by atoms with van der Waals surface area (Å²) in [5.74, 6) is -16.4. The van der Waals surface area contributed by atoms with E-state index in [-0.39, 0.29) is 5.75 Å². The molecule has 0 aliphatic heterocycles. The molecular formula is C33H19F4O6S-. The second-order valence-electron chi connectivity index (χ2n) is 10.8. The van der Waals surface area contributed by atoms with Crippen LogP contribution in [0.2, 0.25) is 0 Å². The summed E-state index contributed by atoms with van der Waals surface area (Å²) in [6, 6.07) is 25.0. The lowest BCUT2D eigenvalue weighted by Gasteiger charge is -2.49. The molecule has 6 nitrogen and oxygen atoms in total. The molecule has 3 aliphatic rings. The predicted molar refractivity (Wildman–Crippen MR) is 148 cm³/mol. The number of aromatic hydroxyl groups is 1. The number of halogens is 4. The molecule has 1 N–H and O–H groups in total. The number of hydrogen-bond acceptors (Lipinski definition) is 6. The van der Waals surface area contributed by atoms with Crippen LogP contribution in [0, 0.1) is 29.2 Å². The van der Waals surface area contributed by atoms with Crippen molar-refractivity contribution in [1.82, 2.24) is 0 Å². The van der Waals surface area contributed by atoms with Gasteiger partial charge in [0.1, 0.15) is 20.8 Å². The maximum atomic E-state index is 15.0. The van der Waals surface area contributed by atoms with E-state index in [2.05, 4.69) is 0 Å². The van der Waals surface area contributed by atoms with Crippen LogP contribution in [0.1, 0.15) is 45.6 Å². The van der Waals surface area contributed by atoms with Gasteiger partial charge in [-0.1, -0.05) is 72.8 Å². The van der Waals surface area contributed by atoms with E-state index in [1.54, 1.807) is 54.6 Å². The normalized spacial score (nSPS) is 20.3. The molecule has 2 bridgehead atoms. The van der Waals surface area contributed by atoms with Gasteiger partial charge in [-0.05, 0) is 50.7 Å². The Morgan fingerprint density at radius 2 is 1.14 bits per heavy atom. The summed E-state index contributed by atoms with van der Waals surface area (Å²) in [4.78, 5) is 11.7. The summed E-state index contributed by atoms with van der Waals surface area (Å²) >= 11 is 0. The molecule has 0 saturated heterocycles. The smallest absolute Gasteiger partial charge is 0.316 e. The van der Waals surface area contributed by atoms with Gasteiger partial charge in [-0.15, -0.1) is 0 Å². The lowest BCUT2D eigenvalue weighted by molar-refractivity contribution is -0.141. The molecule has 0 heterocycles. The summed E-state index contributed by atoms with van der Waals surface area (Å²) < 4.78 is 98.1. The highest BCUT2D eigenvalue weighted by atomic mass is 32.2. The van der Waals surface area contributed by atoms with E-state index < -0.39 is 73.7 Å². The topological polar surface area (TPSA) is 104 Å². The molecule has 5 aromatic carbocycles. The first-order chi connectivity index (χ1) is 21.0. The van der Waals surface area contributed by atoms with Crippen LogP contribution in [-0.2, 0) is 14.9 Å². The van der Waals surface area contributed by atoms with Crippen LogP contribution < -0.4 is 4.74 Å². The highest BCUT2D eigenvalue weighted by Gasteiger charge is 2.54. The molecular weight excluding hydrogens is 600 g/mol. The van der Waals surface area contributed by atoms with Crippen molar-refractivity contribution in [3.63, 3.8) is 0 Å². The molecule has 44 heavy (non-hydrogen) atoms. The summed E-state index contributed by atoms with van der Waals surface area (Å²) in [7, 11) is -5.96. The fraction of sp³-hybridized carbons (Fsp3) is 0.121. The second-order valence-corrected chi connectivity index (χ2v) is 12.1. The summed E-state index contributed by atoms with van der Waals surface area (Å²) in [5, 5.41) is 12.7. The molecule has 0 fully saturated rings. The zero-order valence-corrected chi connectivity index (χ0v) is 23.1. The SMILES string of the molecule is O=C(Oc1c(F)c(F)c(S(=O)(=O)[O-])c(F)c1F)C1C2c3ccccc3C(c3ccccc32)C1c1cc2ccccc2cc1O. The van der Waals surface area contributed by atoms with Crippen molar-refractivity contribution in [3.05, 3.63) is 136 Å². The Balaban J connectivity index is 1.45. The van der Waals surface area contributed by atoms with E-state index in [1.807, 2.05) is 30.3 Å². The molecule has 11 heteroatoms. The molecule has 3 aliphatic carbocycles. The van der Waals surface area contributed by atoms with Gasteiger partial charge in [0.2, 0.25) is 17.4 Å². The summed E-state index contributed by atoms with van der Waals surface area (Å²) in [6.45, 7) is 0. The first kappa shape index (κ1) is 28.1. The van der Waals surface area contributed by atoms with Gasteiger partial charge in [-0.2, -0.15) is 8.78 Å². The Bertz CT molecular complexity index is 2070. The van der Waals surface area contributed by atoms with Crippen LogP contribution in [-0.4, -0.2) is 24.0 Å². The maximum absolute atomic E-state index is 15.0. The summed E-state index contributed by atoms with van der Waals surface area (Å²) in [6.07, 6.45) is 0. The molecule has 5 aromatic rings. The van der Waals surface area contributed by atoms with E-state index in [4.69, 9.17) is 4.74 Å². The van der Waals surface area contributed by atoms with E-state index >= 15 is 0 Å². The lowest BCUT2D eigenvalue weighted by atomic mass is 9.52. The van der Waals surface area contributed by atoms with Crippen molar-refractivity contribution < 1.29 is 45.2 Å². The monoisotopic (exact) mass is 619 g/mol. The van der Waals surface area contributed by atoms with Gasteiger partial charge < -0.3 is 14.4 Å². The zero-order valence-electron chi connectivity index (χ0n) is 22.3. The molecule has 0 spiro atoms. The van der Waals surface area contributed by atoms with Gasteiger partial charge in [0, 0.05) is 17.8 Å². The number of hydrogen-bond donors (Lipinski definition) is 1. The highest BCUT2D eigenvalue weighted by molar-refractivity contribution is 7.85. The van der Waals surface area contributed by atoms with Crippen LogP contribution >= 0.6 is 0 Å². The van der Waals surface area contributed by atoms with E-state index in [0.29, 0.717) is 5.56 Å². The maximum Gasteiger partial charge on any atom is 0.316 e. The minimum absolute atomic E-state index is 0.145. The molecule has 0 radical (unpaired) electrons. The van der Waals surface area contributed by atoms with E-state index in [9.17, 15) is 40.4 Å². The molecule has 0 aromatic heterocycles. The molecule has 222 valence electrons. The van der Waals surface area contributed by atoms with E-state index in [0.717, 1.165) is 33.0 Å². The lowest BCUT2D eigenvalue weighted by Crippen LogP contribution is -2.44. The fourth-order valence-electron chi connectivity index (χ4n) is 6.92. The largest absolute Gasteiger partial charge is 0.744 e. The Kier molecular flexibility index (Phi) is 6.31. The van der Waals surface area contributed by atoms with Gasteiger partial charge in [0.25, 0.3) is 0 Å². The van der Waals surface area contributed by atoms with Crippen LogP contribution in [0.25, 0.3) is 10.8 Å². The molecule has 2 unspecified atom stereocenters. The Labute approximate surface area is 247 Å². The number of phenols is 1. The highest BCUT2D eigenvalue weighted by Crippen LogP contribution is 2.63. The Morgan fingerprint density at radius 1 is 0.682 bits per heavy atom. The first-order valence-electron chi connectivity index (χ1n) is 13.4. The predicted octanol–water partition coefficient (Wildman–Crippen LogP) is 6.60. The number of phenolic OH excluding ortho intramolecular Hbond substituents is 1. The van der Waals surface area contributed by atoms with Crippen molar-refractivity contribution in [2.75, 3.05) is 0 Å². The average Bonchev–Trinajstić information content (AvgIpc) is 3.00. The minimum atomic E-state index is -5.96. The number of fused-ring (bicyclic) bond motifs is 2. The molecule has 0 amide bonds. The summed E-state index contributed by atoms with van der Waals surface area (Å²) in [5.41, 5.74) is 3.51. The van der Waals surface area contributed by atoms with Crippen molar-refractivity contribution in [2.24, 2.45) is 5.92 Å². The van der Waals surface area contributed by atoms with Crippen LogP contribution in [0.5, 0.6) is 11.5 Å². The number of benzene rings is 5. The van der Waals surface area contributed by atoms with Gasteiger partial charge in [0.05, 0.1) is 5.92 Å². The van der Waals surface area contributed by atoms with Crippen LogP contribution in [0.4, 0.5) is 17.6 Å². The van der Waals surface area contributed by atoms with Crippen LogP contribution in [0.3, 0.4) is 0 Å². The fourth-order valence-corrected chi connectivity index (χ4v) is 7.53. The number of carbonyl (C=O) groups excluding carboxylic acids is 1. The Morgan fingerprint density at radius 3 is 1.64 bits per heavy atom. The van der Waals surface area contributed by atoms with Gasteiger partial charge in [-0.25, -0.2) is 17.2 Å². The van der Waals surface area contributed by atoms with Crippen LogP contribution in [0.15, 0.2) is 89.8 Å².